The van der Waals surface area contributed by atoms with Gasteiger partial charge in [-0.1, -0.05) is 12.1 Å². The van der Waals surface area contributed by atoms with Gasteiger partial charge >= 0.3 is 0 Å². The first-order valence-electron chi connectivity index (χ1n) is 5.16. The van der Waals surface area contributed by atoms with E-state index in [1.807, 2.05) is 19.9 Å². The Morgan fingerprint density at radius 3 is 2.69 bits per heavy atom. The Hall–Kier alpha value is -1.66. The monoisotopic (exact) mass is 218 g/mol. The van der Waals surface area contributed by atoms with Gasteiger partial charge in [0.25, 0.3) is 0 Å². The highest BCUT2D eigenvalue weighted by atomic mass is 19.1. The third kappa shape index (κ3) is 2.91. The molecule has 1 aromatic carbocycles. The predicted octanol–water partition coefficient (Wildman–Crippen LogP) is 2.92. The third-order valence-corrected chi connectivity index (χ3v) is 2.46. The van der Waals surface area contributed by atoms with Crippen LogP contribution in [0, 0.1) is 17.1 Å². The molecule has 1 rings (SSSR count). The molecule has 0 aliphatic carbocycles. The van der Waals surface area contributed by atoms with E-state index in [1.165, 1.54) is 6.07 Å². The van der Waals surface area contributed by atoms with E-state index in [1.54, 1.807) is 18.2 Å². The molecule has 0 spiro atoms. The summed E-state index contributed by atoms with van der Waals surface area (Å²) in [7, 11) is 0. The summed E-state index contributed by atoms with van der Waals surface area (Å²) < 4.78 is 13.6. The van der Waals surface area contributed by atoms with Crippen molar-refractivity contribution < 1.29 is 4.39 Å². The van der Waals surface area contributed by atoms with Crippen LogP contribution in [0.5, 0.6) is 0 Å². The van der Waals surface area contributed by atoms with Crippen LogP contribution >= 0.6 is 0 Å². The average molecular weight is 218 g/mol. The number of hydrogen-bond donors (Lipinski definition) is 1. The van der Waals surface area contributed by atoms with Gasteiger partial charge in [-0.25, -0.2) is 4.39 Å². The summed E-state index contributed by atoms with van der Waals surface area (Å²) in [6.45, 7) is 7.49. The molecule has 0 saturated heterocycles. The van der Waals surface area contributed by atoms with Crippen LogP contribution in [0.25, 0.3) is 0 Å². The van der Waals surface area contributed by atoms with Gasteiger partial charge < -0.3 is 5.32 Å². The van der Waals surface area contributed by atoms with Crippen molar-refractivity contribution in [2.24, 2.45) is 0 Å². The van der Waals surface area contributed by atoms with Crippen LogP contribution in [0.15, 0.2) is 30.9 Å². The minimum atomic E-state index is -0.352. The maximum Gasteiger partial charge on any atom is 0.129 e. The van der Waals surface area contributed by atoms with E-state index in [2.05, 4.69) is 11.9 Å². The molecule has 0 radical (unpaired) electrons. The van der Waals surface area contributed by atoms with Gasteiger partial charge in [0.05, 0.1) is 11.6 Å². The Morgan fingerprint density at radius 2 is 2.19 bits per heavy atom. The number of nitriles is 1. The number of benzene rings is 1. The lowest BCUT2D eigenvalue weighted by Crippen LogP contribution is -2.27. The number of halogens is 1. The quantitative estimate of drug-likeness (QED) is 0.789. The fourth-order valence-corrected chi connectivity index (χ4v) is 1.50. The molecule has 3 heteroatoms. The fraction of sp³-hybridized carbons (Fsp3) is 0.308. The van der Waals surface area contributed by atoms with Crippen molar-refractivity contribution in [2.45, 2.75) is 25.9 Å². The first-order chi connectivity index (χ1) is 7.58. The van der Waals surface area contributed by atoms with Gasteiger partial charge in [0.2, 0.25) is 0 Å². The number of rotatable bonds is 4. The zero-order valence-corrected chi connectivity index (χ0v) is 9.50. The Balaban J connectivity index is 2.88. The summed E-state index contributed by atoms with van der Waals surface area (Å²) in [5.41, 5.74) is 0.901. The second-order valence-corrected chi connectivity index (χ2v) is 3.76. The Kier molecular flexibility index (Phi) is 4.21. The van der Waals surface area contributed by atoms with Crippen molar-refractivity contribution in [2.75, 3.05) is 0 Å². The molecular weight excluding hydrogens is 203 g/mol. The predicted molar refractivity (Wildman–Crippen MR) is 62.3 cm³/mol. The van der Waals surface area contributed by atoms with Crippen LogP contribution in [0.2, 0.25) is 0 Å². The van der Waals surface area contributed by atoms with Crippen LogP contribution in [0.3, 0.4) is 0 Å². The average Bonchev–Trinajstić information content (AvgIpc) is 2.28. The largest absolute Gasteiger partial charge is 0.304 e. The summed E-state index contributed by atoms with van der Waals surface area (Å²) >= 11 is 0. The second kappa shape index (κ2) is 5.43. The van der Waals surface area contributed by atoms with Crippen LogP contribution in [0.4, 0.5) is 4.39 Å². The summed E-state index contributed by atoms with van der Waals surface area (Å²) in [5.74, 6) is -0.352. The summed E-state index contributed by atoms with van der Waals surface area (Å²) in [5, 5.41) is 11.8. The Bertz CT molecular complexity index is 420. The maximum atomic E-state index is 13.6. The second-order valence-electron chi connectivity index (χ2n) is 3.76. The molecule has 0 bridgehead atoms. The van der Waals surface area contributed by atoms with Crippen molar-refractivity contribution in [1.29, 1.82) is 5.26 Å². The van der Waals surface area contributed by atoms with E-state index in [0.717, 1.165) is 0 Å². The first-order valence-corrected chi connectivity index (χ1v) is 5.16. The molecule has 2 unspecified atom stereocenters. The molecule has 84 valence electrons. The van der Waals surface area contributed by atoms with Gasteiger partial charge in [-0.2, -0.15) is 5.26 Å². The first kappa shape index (κ1) is 12.4. The normalized spacial score (nSPS) is 13.9. The van der Waals surface area contributed by atoms with Crippen molar-refractivity contribution in [3.8, 4) is 6.07 Å². The van der Waals surface area contributed by atoms with E-state index >= 15 is 0 Å². The lowest BCUT2D eigenvalue weighted by atomic mass is 10.0. The van der Waals surface area contributed by atoms with E-state index in [9.17, 15) is 4.39 Å². The van der Waals surface area contributed by atoms with Crippen LogP contribution in [0.1, 0.15) is 31.0 Å². The Labute approximate surface area is 95.4 Å². The van der Waals surface area contributed by atoms with Gasteiger partial charge in [0, 0.05) is 17.6 Å². The molecule has 0 aliphatic heterocycles. The highest BCUT2D eigenvalue weighted by Gasteiger charge is 2.12. The number of nitrogens with zero attached hydrogens (tertiary/aromatic N) is 1. The third-order valence-electron chi connectivity index (χ3n) is 2.46. The number of hydrogen-bond acceptors (Lipinski definition) is 2. The zero-order valence-electron chi connectivity index (χ0n) is 9.50. The molecule has 0 aromatic heterocycles. The van der Waals surface area contributed by atoms with Crippen molar-refractivity contribution >= 4 is 0 Å². The molecule has 1 aromatic rings. The van der Waals surface area contributed by atoms with Crippen molar-refractivity contribution in [3.63, 3.8) is 0 Å². The van der Waals surface area contributed by atoms with Gasteiger partial charge in [-0.05, 0) is 26.0 Å². The molecule has 0 aliphatic rings. The molecule has 1 N–H and O–H groups in total. The fourth-order valence-electron chi connectivity index (χ4n) is 1.50. The minimum Gasteiger partial charge on any atom is -0.304 e. The molecule has 0 amide bonds. The lowest BCUT2D eigenvalue weighted by Gasteiger charge is -2.18. The van der Waals surface area contributed by atoms with Crippen LogP contribution < -0.4 is 5.32 Å². The standard InChI is InChI=1S/C13H15FN2/c1-4-9(2)16-10(3)12-6-5-11(8-15)7-13(12)14/h4-7,9-10,16H,1H2,2-3H3. The Morgan fingerprint density at radius 1 is 1.50 bits per heavy atom. The SMILES string of the molecule is C=CC(C)NC(C)c1ccc(C#N)cc1F. The summed E-state index contributed by atoms with van der Waals surface area (Å²) in [6.07, 6.45) is 1.76. The van der Waals surface area contributed by atoms with Gasteiger partial charge in [0.15, 0.2) is 0 Å². The molecule has 2 nitrogen and oxygen atoms in total. The van der Waals surface area contributed by atoms with E-state index < -0.39 is 0 Å². The lowest BCUT2D eigenvalue weighted by molar-refractivity contribution is 0.505. The van der Waals surface area contributed by atoms with Gasteiger partial charge in [-0.15, -0.1) is 6.58 Å². The van der Waals surface area contributed by atoms with Crippen molar-refractivity contribution in [3.05, 3.63) is 47.8 Å². The minimum absolute atomic E-state index is 0.110. The van der Waals surface area contributed by atoms with Gasteiger partial charge in [0.1, 0.15) is 5.82 Å². The van der Waals surface area contributed by atoms with E-state index in [4.69, 9.17) is 5.26 Å². The highest BCUT2D eigenvalue weighted by Crippen LogP contribution is 2.18. The van der Waals surface area contributed by atoms with Crippen LogP contribution in [-0.2, 0) is 0 Å². The topological polar surface area (TPSA) is 35.8 Å². The molecule has 2 atom stereocenters. The zero-order chi connectivity index (χ0) is 12.1. The van der Waals surface area contributed by atoms with Crippen molar-refractivity contribution in [1.82, 2.24) is 5.32 Å². The summed E-state index contributed by atoms with van der Waals surface area (Å²) in [6, 6.07) is 6.43. The smallest absolute Gasteiger partial charge is 0.129 e. The molecule has 0 heterocycles. The molecule has 0 fully saturated rings. The molecular formula is C13H15FN2. The molecule has 16 heavy (non-hydrogen) atoms. The van der Waals surface area contributed by atoms with Crippen LogP contribution in [-0.4, -0.2) is 6.04 Å². The summed E-state index contributed by atoms with van der Waals surface area (Å²) in [4.78, 5) is 0. The maximum absolute atomic E-state index is 13.6. The van der Waals surface area contributed by atoms with E-state index in [-0.39, 0.29) is 17.9 Å². The highest BCUT2D eigenvalue weighted by molar-refractivity contribution is 5.34. The van der Waals surface area contributed by atoms with E-state index in [0.29, 0.717) is 11.1 Å². The number of nitrogens with one attached hydrogen (secondary N) is 1. The molecule has 0 saturated carbocycles. The van der Waals surface area contributed by atoms with Gasteiger partial charge in [-0.3, -0.25) is 0 Å².